The molecule has 4 heteroatoms. The van der Waals surface area contributed by atoms with Crippen molar-refractivity contribution in [2.75, 3.05) is 0 Å². The van der Waals surface area contributed by atoms with Crippen LogP contribution in [0.4, 0.5) is 0 Å². The van der Waals surface area contributed by atoms with Gasteiger partial charge >= 0.3 is 0 Å². The maximum atomic E-state index is 9.40. The van der Waals surface area contributed by atoms with Crippen LogP contribution in [0.1, 0.15) is 5.56 Å². The average Bonchev–Trinajstić information content (AvgIpc) is 3.06. The third-order valence-electron chi connectivity index (χ3n) is 3.84. The molecule has 0 atom stereocenters. The molecule has 24 heavy (non-hydrogen) atoms. The Bertz CT molecular complexity index is 1060. The molecule has 0 spiro atoms. The minimum Gasteiger partial charge on any atom is -0.236 e. The van der Waals surface area contributed by atoms with Gasteiger partial charge in [0, 0.05) is 11.1 Å². The molecular weight excluding hydrogens is 336 g/mol. The highest BCUT2D eigenvalue weighted by atomic mass is 35.5. The van der Waals surface area contributed by atoms with Crippen molar-refractivity contribution in [2.24, 2.45) is 0 Å². The number of benzene rings is 3. The van der Waals surface area contributed by atoms with Crippen molar-refractivity contribution >= 4 is 33.2 Å². The van der Waals surface area contributed by atoms with Crippen molar-refractivity contribution in [3.63, 3.8) is 0 Å². The molecule has 0 saturated carbocycles. The summed E-state index contributed by atoms with van der Waals surface area (Å²) in [6.45, 7) is 0. The van der Waals surface area contributed by atoms with Gasteiger partial charge in [0.05, 0.1) is 20.8 Å². The first kappa shape index (κ1) is 14.9. The molecule has 114 valence electrons. The third-order valence-corrected chi connectivity index (χ3v) is 5.24. The normalized spacial score (nSPS) is 10.7. The third kappa shape index (κ3) is 2.56. The predicted octanol–water partition coefficient (Wildman–Crippen LogP) is 6.16. The summed E-state index contributed by atoms with van der Waals surface area (Å²) in [5, 5.41) is 10.8. The molecule has 2 nitrogen and oxygen atoms in total. The highest BCUT2D eigenvalue weighted by Gasteiger charge is 2.11. The minimum absolute atomic E-state index is 0.473. The number of para-hydroxylation sites is 1. The number of nitrogens with zero attached hydrogens (tertiary/aromatic N) is 2. The van der Waals surface area contributed by atoms with E-state index in [4.69, 9.17) is 16.6 Å². The van der Waals surface area contributed by atoms with Crippen molar-refractivity contribution in [1.82, 2.24) is 4.98 Å². The van der Waals surface area contributed by atoms with Gasteiger partial charge in [0.15, 0.2) is 0 Å². The highest BCUT2D eigenvalue weighted by molar-refractivity contribution is 7.21. The number of nitriles is 1. The molecule has 3 aromatic carbocycles. The number of hydrogen-bond donors (Lipinski definition) is 0. The number of rotatable bonds is 2. The van der Waals surface area contributed by atoms with E-state index in [2.05, 4.69) is 18.2 Å². The lowest BCUT2D eigenvalue weighted by molar-refractivity contribution is 1.46. The zero-order valence-corrected chi connectivity index (χ0v) is 14.1. The second-order valence-corrected chi connectivity index (χ2v) is 6.78. The molecule has 4 rings (SSSR count). The monoisotopic (exact) mass is 346 g/mol. The van der Waals surface area contributed by atoms with Gasteiger partial charge in [-0.3, -0.25) is 0 Å². The summed E-state index contributed by atoms with van der Waals surface area (Å²) in [4.78, 5) is 4.71. The van der Waals surface area contributed by atoms with E-state index in [-0.39, 0.29) is 0 Å². The second kappa shape index (κ2) is 6.09. The van der Waals surface area contributed by atoms with Crippen molar-refractivity contribution in [3.05, 3.63) is 77.3 Å². The van der Waals surface area contributed by atoms with E-state index in [0.717, 1.165) is 27.2 Å². The van der Waals surface area contributed by atoms with Crippen LogP contribution in [0.2, 0.25) is 5.02 Å². The molecule has 0 bridgehead atoms. The Labute approximate surface area is 148 Å². The maximum absolute atomic E-state index is 9.40. The standard InChI is InChI=1S/C20H11ClN2S/c21-17-8-4-7-15(16(17)12-22)13-5-3-6-14(11-13)20-23-18-9-1-2-10-19(18)24-20/h1-11H. The molecule has 0 unspecified atom stereocenters. The Morgan fingerprint density at radius 1 is 0.917 bits per heavy atom. The highest BCUT2D eigenvalue weighted by Crippen LogP contribution is 2.34. The summed E-state index contributed by atoms with van der Waals surface area (Å²) in [5.74, 6) is 0. The number of aromatic nitrogens is 1. The van der Waals surface area contributed by atoms with Gasteiger partial charge in [-0.1, -0.05) is 54.1 Å². The van der Waals surface area contributed by atoms with Gasteiger partial charge in [-0.15, -0.1) is 11.3 Å². The van der Waals surface area contributed by atoms with Crippen LogP contribution in [-0.4, -0.2) is 4.98 Å². The van der Waals surface area contributed by atoms with Crippen LogP contribution in [-0.2, 0) is 0 Å². The molecule has 1 aromatic heterocycles. The first-order chi connectivity index (χ1) is 11.8. The van der Waals surface area contributed by atoms with E-state index in [9.17, 15) is 5.26 Å². The Morgan fingerprint density at radius 3 is 2.54 bits per heavy atom. The SMILES string of the molecule is N#Cc1c(Cl)cccc1-c1cccc(-c2nc3ccccc3s2)c1. The van der Waals surface area contributed by atoms with Gasteiger partial charge in [-0.25, -0.2) is 4.98 Å². The van der Waals surface area contributed by atoms with E-state index in [0.29, 0.717) is 10.6 Å². The molecule has 0 amide bonds. The van der Waals surface area contributed by atoms with Crippen LogP contribution in [0.15, 0.2) is 66.7 Å². The zero-order valence-electron chi connectivity index (χ0n) is 12.5. The van der Waals surface area contributed by atoms with Crippen LogP contribution in [0.25, 0.3) is 31.9 Å². The lowest BCUT2D eigenvalue weighted by Crippen LogP contribution is -1.86. The topological polar surface area (TPSA) is 36.7 Å². The Hall–Kier alpha value is -2.67. The van der Waals surface area contributed by atoms with Gasteiger partial charge in [0.2, 0.25) is 0 Å². The Kier molecular flexibility index (Phi) is 3.78. The number of fused-ring (bicyclic) bond motifs is 1. The van der Waals surface area contributed by atoms with E-state index in [1.54, 1.807) is 17.4 Å². The molecule has 4 aromatic rings. The lowest BCUT2D eigenvalue weighted by Gasteiger charge is -2.07. The molecule has 1 heterocycles. The molecule has 0 radical (unpaired) electrons. The van der Waals surface area contributed by atoms with E-state index in [1.165, 1.54) is 4.70 Å². The van der Waals surface area contributed by atoms with E-state index >= 15 is 0 Å². The van der Waals surface area contributed by atoms with Gasteiger partial charge in [-0.05, 0) is 29.8 Å². The molecule has 0 N–H and O–H groups in total. The second-order valence-electron chi connectivity index (χ2n) is 5.34. The molecule has 0 aliphatic rings. The largest absolute Gasteiger partial charge is 0.236 e. The first-order valence-electron chi connectivity index (χ1n) is 7.41. The summed E-state index contributed by atoms with van der Waals surface area (Å²) in [6.07, 6.45) is 0. The average molecular weight is 347 g/mol. The number of hydrogen-bond acceptors (Lipinski definition) is 3. The van der Waals surface area contributed by atoms with Gasteiger partial charge < -0.3 is 0 Å². The Balaban J connectivity index is 1.85. The quantitative estimate of drug-likeness (QED) is 0.436. The summed E-state index contributed by atoms with van der Waals surface area (Å²) < 4.78 is 1.17. The van der Waals surface area contributed by atoms with Crippen LogP contribution < -0.4 is 0 Å². The zero-order chi connectivity index (χ0) is 16.5. The smallest absolute Gasteiger partial charge is 0.124 e. The van der Waals surface area contributed by atoms with Crippen molar-refractivity contribution in [2.45, 2.75) is 0 Å². The number of halogens is 1. The summed E-state index contributed by atoms with van der Waals surface area (Å²) in [6, 6.07) is 23.9. The van der Waals surface area contributed by atoms with Crippen molar-refractivity contribution < 1.29 is 0 Å². The van der Waals surface area contributed by atoms with Crippen LogP contribution in [0.3, 0.4) is 0 Å². The fourth-order valence-corrected chi connectivity index (χ4v) is 3.87. The number of thiazole rings is 1. The maximum Gasteiger partial charge on any atom is 0.124 e. The Morgan fingerprint density at radius 2 is 1.71 bits per heavy atom. The molecular formula is C20H11ClN2S. The molecule has 0 fully saturated rings. The molecule has 0 aliphatic carbocycles. The minimum atomic E-state index is 0.473. The van der Waals surface area contributed by atoms with Gasteiger partial charge in [0.25, 0.3) is 0 Å². The first-order valence-corrected chi connectivity index (χ1v) is 8.61. The van der Waals surface area contributed by atoms with Crippen molar-refractivity contribution in [3.8, 4) is 27.8 Å². The summed E-state index contributed by atoms with van der Waals surface area (Å²) >= 11 is 7.82. The summed E-state index contributed by atoms with van der Waals surface area (Å²) in [5.41, 5.74) is 4.35. The predicted molar refractivity (Wildman–Crippen MR) is 100 cm³/mol. The fraction of sp³-hybridized carbons (Fsp3) is 0. The van der Waals surface area contributed by atoms with Crippen molar-refractivity contribution in [1.29, 1.82) is 5.26 Å². The van der Waals surface area contributed by atoms with Gasteiger partial charge in [-0.2, -0.15) is 5.26 Å². The van der Waals surface area contributed by atoms with Gasteiger partial charge in [0.1, 0.15) is 11.1 Å². The molecule has 0 aliphatic heterocycles. The van der Waals surface area contributed by atoms with E-state index < -0.39 is 0 Å². The van der Waals surface area contributed by atoms with E-state index in [1.807, 2.05) is 48.5 Å². The van der Waals surface area contributed by atoms with Crippen LogP contribution in [0.5, 0.6) is 0 Å². The van der Waals surface area contributed by atoms with Crippen LogP contribution >= 0.6 is 22.9 Å². The lowest BCUT2D eigenvalue weighted by atomic mass is 9.99. The summed E-state index contributed by atoms with van der Waals surface area (Å²) in [7, 11) is 0. The van der Waals surface area contributed by atoms with Crippen LogP contribution in [0, 0.1) is 11.3 Å². The molecule has 0 saturated heterocycles. The fourth-order valence-electron chi connectivity index (χ4n) is 2.69.